The Morgan fingerprint density at radius 2 is 2.17 bits per heavy atom. The predicted molar refractivity (Wildman–Crippen MR) is 73.2 cm³/mol. The Kier molecular flexibility index (Phi) is 4.72. The summed E-state index contributed by atoms with van der Waals surface area (Å²) in [6.07, 6.45) is 5.73. The van der Waals surface area contributed by atoms with Gasteiger partial charge in [-0.05, 0) is 12.5 Å². The lowest BCUT2D eigenvalue weighted by molar-refractivity contribution is 0.0690. The molecule has 1 aromatic rings. The highest BCUT2D eigenvalue weighted by molar-refractivity contribution is 7.98. The Morgan fingerprint density at radius 1 is 1.56 bits per heavy atom. The summed E-state index contributed by atoms with van der Waals surface area (Å²) < 4.78 is 13.8. The van der Waals surface area contributed by atoms with Gasteiger partial charge in [-0.15, -0.1) is 0 Å². The van der Waals surface area contributed by atoms with Gasteiger partial charge in [0.15, 0.2) is 11.5 Å². The SMILES string of the molecule is CCc1nc(C(=O)O)c(/C=C/[S+](C)C)c(N)c1F. The van der Waals surface area contributed by atoms with E-state index in [9.17, 15) is 9.18 Å². The van der Waals surface area contributed by atoms with Crippen molar-refractivity contribution in [2.45, 2.75) is 13.3 Å². The number of hydrogen-bond acceptors (Lipinski definition) is 3. The van der Waals surface area contributed by atoms with E-state index in [2.05, 4.69) is 4.98 Å². The fraction of sp³-hybridized carbons (Fsp3) is 0.333. The van der Waals surface area contributed by atoms with Gasteiger partial charge in [0.2, 0.25) is 0 Å². The van der Waals surface area contributed by atoms with Gasteiger partial charge in [0.1, 0.15) is 17.9 Å². The Morgan fingerprint density at radius 3 is 2.61 bits per heavy atom. The van der Waals surface area contributed by atoms with E-state index in [-0.39, 0.29) is 33.5 Å². The molecular weight excluding hydrogens is 255 g/mol. The zero-order valence-electron chi connectivity index (χ0n) is 10.5. The zero-order valence-corrected chi connectivity index (χ0v) is 11.3. The molecule has 0 aliphatic carbocycles. The van der Waals surface area contributed by atoms with Gasteiger partial charge >= 0.3 is 5.97 Å². The van der Waals surface area contributed by atoms with Gasteiger partial charge in [0.25, 0.3) is 0 Å². The number of pyridine rings is 1. The van der Waals surface area contributed by atoms with Crippen molar-refractivity contribution < 1.29 is 14.3 Å². The topological polar surface area (TPSA) is 76.2 Å². The molecule has 0 saturated heterocycles. The van der Waals surface area contributed by atoms with Crippen molar-refractivity contribution in [3.8, 4) is 0 Å². The lowest BCUT2D eigenvalue weighted by Gasteiger charge is -2.09. The van der Waals surface area contributed by atoms with Crippen LogP contribution in [-0.2, 0) is 17.3 Å². The third-order valence-electron chi connectivity index (χ3n) is 2.33. The second-order valence-corrected chi connectivity index (χ2v) is 5.92. The van der Waals surface area contributed by atoms with Crippen LogP contribution in [0.5, 0.6) is 0 Å². The summed E-state index contributed by atoms with van der Waals surface area (Å²) in [6.45, 7) is 1.70. The minimum absolute atomic E-state index is 0.0389. The number of aromatic carboxylic acids is 1. The van der Waals surface area contributed by atoms with E-state index >= 15 is 0 Å². The van der Waals surface area contributed by atoms with Crippen LogP contribution in [0.1, 0.15) is 28.7 Å². The number of hydrogen-bond donors (Lipinski definition) is 2. The van der Waals surface area contributed by atoms with Gasteiger partial charge in [-0.25, -0.2) is 14.2 Å². The van der Waals surface area contributed by atoms with E-state index in [1.807, 2.05) is 12.5 Å². The predicted octanol–water partition coefficient (Wildman–Crippen LogP) is 1.91. The molecule has 1 rings (SSSR count). The Hall–Kier alpha value is -1.56. The zero-order chi connectivity index (χ0) is 13.9. The first-order valence-electron chi connectivity index (χ1n) is 5.34. The standard InChI is InChI=1S/C12H15FN2O2S/c1-4-8-9(13)10(14)7(5-6-18(2)3)11(15-8)12(16)17/h5-6H,4H2,1-3H3,(H2-,14,15,16,17)/p+1/b6-5+. The molecule has 0 radical (unpaired) electrons. The van der Waals surface area contributed by atoms with Crippen molar-refractivity contribution in [1.29, 1.82) is 0 Å². The number of aryl methyl sites for hydroxylation is 1. The fourth-order valence-electron chi connectivity index (χ4n) is 1.42. The highest BCUT2D eigenvalue weighted by atomic mass is 32.2. The Balaban J connectivity index is 3.47. The second kappa shape index (κ2) is 5.86. The van der Waals surface area contributed by atoms with Crippen LogP contribution in [0, 0.1) is 5.82 Å². The van der Waals surface area contributed by atoms with Crippen LogP contribution in [0.3, 0.4) is 0 Å². The van der Waals surface area contributed by atoms with E-state index in [0.717, 1.165) is 0 Å². The number of carboxylic acid groups (broad SMARTS) is 1. The summed E-state index contributed by atoms with van der Waals surface area (Å²) >= 11 is 0. The average Bonchev–Trinajstić information content (AvgIpc) is 2.30. The normalized spacial score (nSPS) is 11.4. The number of carboxylic acids is 1. The monoisotopic (exact) mass is 271 g/mol. The summed E-state index contributed by atoms with van der Waals surface area (Å²) in [5.41, 5.74) is 5.52. The van der Waals surface area contributed by atoms with Crippen LogP contribution < -0.4 is 5.73 Å². The summed E-state index contributed by atoms with van der Waals surface area (Å²) in [7, 11) is -0.0389. The van der Waals surface area contributed by atoms with E-state index < -0.39 is 11.8 Å². The Labute approximate surface area is 108 Å². The third kappa shape index (κ3) is 3.01. The molecule has 3 N–H and O–H groups in total. The highest BCUT2D eigenvalue weighted by Gasteiger charge is 2.20. The third-order valence-corrected chi connectivity index (χ3v) is 3.01. The van der Waals surface area contributed by atoms with Crippen molar-refractivity contribution >= 4 is 28.6 Å². The number of carbonyl (C=O) groups is 1. The van der Waals surface area contributed by atoms with E-state index in [0.29, 0.717) is 6.42 Å². The first-order chi connectivity index (χ1) is 8.38. The number of anilines is 1. The molecule has 0 atom stereocenters. The van der Waals surface area contributed by atoms with Gasteiger partial charge in [0.05, 0.1) is 11.4 Å². The first-order valence-corrected chi connectivity index (χ1v) is 7.44. The minimum atomic E-state index is -1.21. The van der Waals surface area contributed by atoms with Crippen molar-refractivity contribution in [2.75, 3.05) is 18.2 Å². The van der Waals surface area contributed by atoms with Crippen LogP contribution >= 0.6 is 0 Å². The van der Waals surface area contributed by atoms with E-state index in [1.165, 1.54) is 6.08 Å². The second-order valence-electron chi connectivity index (χ2n) is 3.89. The van der Waals surface area contributed by atoms with E-state index in [1.54, 1.807) is 12.3 Å². The van der Waals surface area contributed by atoms with Crippen LogP contribution in [0.25, 0.3) is 6.08 Å². The van der Waals surface area contributed by atoms with Gasteiger partial charge < -0.3 is 10.8 Å². The molecule has 0 amide bonds. The molecule has 4 nitrogen and oxygen atoms in total. The van der Waals surface area contributed by atoms with E-state index in [4.69, 9.17) is 10.8 Å². The fourth-order valence-corrected chi connectivity index (χ4v) is 1.82. The van der Waals surface area contributed by atoms with Crippen molar-refractivity contribution in [2.24, 2.45) is 0 Å². The van der Waals surface area contributed by atoms with Crippen molar-refractivity contribution in [3.05, 3.63) is 28.2 Å². The maximum atomic E-state index is 13.8. The first kappa shape index (κ1) is 14.5. The number of aromatic nitrogens is 1. The molecule has 0 bridgehead atoms. The molecule has 18 heavy (non-hydrogen) atoms. The molecule has 0 aliphatic heterocycles. The molecule has 0 saturated carbocycles. The molecule has 1 heterocycles. The smallest absolute Gasteiger partial charge is 0.355 e. The molecule has 98 valence electrons. The molecule has 0 unspecified atom stereocenters. The summed E-state index contributed by atoms with van der Waals surface area (Å²) in [6, 6.07) is 0. The largest absolute Gasteiger partial charge is 0.476 e. The lowest BCUT2D eigenvalue weighted by Crippen LogP contribution is -2.12. The Bertz CT molecular complexity index is 501. The highest BCUT2D eigenvalue weighted by Crippen LogP contribution is 2.24. The van der Waals surface area contributed by atoms with Gasteiger partial charge in [-0.1, -0.05) is 6.92 Å². The summed E-state index contributed by atoms with van der Waals surface area (Å²) in [5.74, 6) is -1.84. The van der Waals surface area contributed by atoms with Crippen molar-refractivity contribution in [1.82, 2.24) is 4.98 Å². The van der Waals surface area contributed by atoms with Gasteiger partial charge in [-0.3, -0.25) is 0 Å². The van der Waals surface area contributed by atoms with Crippen LogP contribution in [-0.4, -0.2) is 28.6 Å². The minimum Gasteiger partial charge on any atom is -0.476 e. The summed E-state index contributed by atoms with van der Waals surface area (Å²) in [4.78, 5) is 15.0. The molecule has 0 aliphatic rings. The van der Waals surface area contributed by atoms with Crippen LogP contribution in [0.15, 0.2) is 5.41 Å². The summed E-state index contributed by atoms with van der Waals surface area (Å²) in [5, 5.41) is 10.9. The van der Waals surface area contributed by atoms with Gasteiger partial charge in [-0.2, -0.15) is 0 Å². The lowest BCUT2D eigenvalue weighted by atomic mass is 10.1. The maximum Gasteiger partial charge on any atom is 0.355 e. The molecule has 0 aromatic carbocycles. The number of nitrogens with zero attached hydrogens (tertiary/aromatic N) is 1. The maximum absolute atomic E-state index is 13.8. The number of halogens is 1. The van der Waals surface area contributed by atoms with Crippen LogP contribution in [0.2, 0.25) is 0 Å². The van der Waals surface area contributed by atoms with Crippen molar-refractivity contribution in [3.63, 3.8) is 0 Å². The van der Waals surface area contributed by atoms with Gasteiger partial charge in [0, 0.05) is 16.5 Å². The quantitative estimate of drug-likeness (QED) is 0.820. The molecule has 0 fully saturated rings. The van der Waals surface area contributed by atoms with Crippen LogP contribution in [0.4, 0.5) is 10.1 Å². The number of rotatable bonds is 4. The molecular formula is C12H16FN2O2S+. The molecule has 6 heteroatoms. The average molecular weight is 271 g/mol. The number of nitrogens with two attached hydrogens (primary N) is 1. The molecule has 0 spiro atoms. The number of nitrogen functional groups attached to an aromatic ring is 1. The molecule has 1 aromatic heterocycles.